The zero-order valence-electron chi connectivity index (χ0n) is 19.1. The van der Waals surface area contributed by atoms with Crippen molar-refractivity contribution >= 4 is 22.4 Å². The molecule has 0 saturated carbocycles. The molecule has 0 aliphatic carbocycles. The second kappa shape index (κ2) is 10.2. The molecule has 0 amide bonds. The summed E-state index contributed by atoms with van der Waals surface area (Å²) in [5.41, 5.74) is 9.70. The molecular formula is C28H30N4. The lowest BCUT2D eigenvalue weighted by Gasteiger charge is -2.10. The van der Waals surface area contributed by atoms with Gasteiger partial charge >= 0.3 is 0 Å². The summed E-state index contributed by atoms with van der Waals surface area (Å²) in [5.74, 6) is 1.40. The molecule has 0 bridgehead atoms. The first-order valence-corrected chi connectivity index (χ1v) is 11.4. The van der Waals surface area contributed by atoms with Crippen molar-refractivity contribution in [2.24, 2.45) is 5.10 Å². The van der Waals surface area contributed by atoms with Crippen molar-refractivity contribution in [1.29, 1.82) is 0 Å². The number of nitrogens with one attached hydrogen (secondary N) is 1. The second-order valence-electron chi connectivity index (χ2n) is 8.24. The van der Waals surface area contributed by atoms with Gasteiger partial charge in [0, 0.05) is 10.9 Å². The highest BCUT2D eigenvalue weighted by molar-refractivity contribution is 5.99. The standard InChI is InChI=1S/C28H30N4/c1-4-5-6-9-22-14-18-23(19-15-22)21(3)31-32-28-25-10-7-8-11-26(25)29-27(30-28)24-16-12-20(2)13-17-24/h7-8,10-19H,4-6,9H2,1-3H3,(H,29,30,32)/b31-21-. The van der Waals surface area contributed by atoms with Gasteiger partial charge in [-0.1, -0.05) is 86.0 Å². The van der Waals surface area contributed by atoms with Crippen LogP contribution >= 0.6 is 0 Å². The Labute approximate surface area is 190 Å². The molecule has 4 nitrogen and oxygen atoms in total. The lowest BCUT2D eigenvalue weighted by molar-refractivity contribution is 0.717. The predicted molar refractivity (Wildman–Crippen MR) is 135 cm³/mol. The zero-order chi connectivity index (χ0) is 22.3. The van der Waals surface area contributed by atoms with Crippen molar-refractivity contribution in [3.05, 3.63) is 89.5 Å². The Morgan fingerprint density at radius 2 is 1.62 bits per heavy atom. The van der Waals surface area contributed by atoms with Crippen molar-refractivity contribution < 1.29 is 0 Å². The normalized spacial score (nSPS) is 11.7. The number of aryl methyl sites for hydroxylation is 2. The van der Waals surface area contributed by atoms with Crippen molar-refractivity contribution in [1.82, 2.24) is 9.97 Å². The monoisotopic (exact) mass is 422 g/mol. The Morgan fingerprint density at radius 1 is 0.875 bits per heavy atom. The van der Waals surface area contributed by atoms with Gasteiger partial charge in [-0.25, -0.2) is 9.97 Å². The van der Waals surface area contributed by atoms with Crippen molar-refractivity contribution in [3.8, 4) is 11.4 Å². The quantitative estimate of drug-likeness (QED) is 0.186. The Bertz CT molecular complexity index is 1210. The van der Waals surface area contributed by atoms with Gasteiger partial charge in [0.2, 0.25) is 0 Å². The number of hydrogen-bond acceptors (Lipinski definition) is 4. The lowest BCUT2D eigenvalue weighted by atomic mass is 10.0. The highest BCUT2D eigenvalue weighted by atomic mass is 15.3. The van der Waals surface area contributed by atoms with Gasteiger partial charge in [0.05, 0.1) is 11.2 Å². The van der Waals surface area contributed by atoms with E-state index in [2.05, 4.69) is 72.9 Å². The van der Waals surface area contributed by atoms with E-state index >= 15 is 0 Å². The van der Waals surface area contributed by atoms with Crippen LogP contribution in [0.1, 0.15) is 49.8 Å². The van der Waals surface area contributed by atoms with E-state index in [1.54, 1.807) is 0 Å². The largest absolute Gasteiger partial charge is 0.260 e. The molecule has 0 fully saturated rings. The minimum Gasteiger partial charge on any atom is -0.260 e. The van der Waals surface area contributed by atoms with Crippen LogP contribution in [0.25, 0.3) is 22.3 Å². The number of para-hydroxylation sites is 1. The number of unbranched alkanes of at least 4 members (excludes halogenated alkanes) is 2. The molecule has 0 radical (unpaired) electrons. The van der Waals surface area contributed by atoms with E-state index in [9.17, 15) is 0 Å². The molecule has 4 rings (SSSR count). The number of hydrazone groups is 1. The van der Waals surface area contributed by atoms with Crippen molar-refractivity contribution in [3.63, 3.8) is 0 Å². The average molecular weight is 423 g/mol. The highest BCUT2D eigenvalue weighted by Crippen LogP contribution is 2.25. The number of fused-ring (bicyclic) bond motifs is 1. The van der Waals surface area contributed by atoms with Gasteiger partial charge in [0.1, 0.15) is 0 Å². The van der Waals surface area contributed by atoms with E-state index < -0.39 is 0 Å². The molecule has 162 valence electrons. The summed E-state index contributed by atoms with van der Waals surface area (Å²) >= 11 is 0. The van der Waals surface area contributed by atoms with Crippen LogP contribution in [0.2, 0.25) is 0 Å². The van der Waals surface area contributed by atoms with E-state index in [-0.39, 0.29) is 0 Å². The fourth-order valence-corrected chi connectivity index (χ4v) is 3.69. The van der Waals surface area contributed by atoms with E-state index in [1.807, 2.05) is 31.2 Å². The average Bonchev–Trinajstić information content (AvgIpc) is 2.83. The maximum absolute atomic E-state index is 4.79. The number of rotatable bonds is 8. The van der Waals surface area contributed by atoms with E-state index in [4.69, 9.17) is 9.97 Å². The van der Waals surface area contributed by atoms with Crippen molar-refractivity contribution in [2.45, 2.75) is 46.5 Å². The summed E-state index contributed by atoms with van der Waals surface area (Å²) in [6.45, 7) is 6.33. The third-order valence-electron chi connectivity index (χ3n) is 5.68. The molecule has 1 aromatic heterocycles. The summed E-state index contributed by atoms with van der Waals surface area (Å²) in [4.78, 5) is 9.55. The highest BCUT2D eigenvalue weighted by Gasteiger charge is 2.09. The number of nitrogens with zero attached hydrogens (tertiary/aromatic N) is 3. The molecule has 3 aromatic carbocycles. The second-order valence-corrected chi connectivity index (χ2v) is 8.24. The van der Waals surface area contributed by atoms with Crippen LogP contribution in [-0.4, -0.2) is 15.7 Å². The zero-order valence-corrected chi connectivity index (χ0v) is 19.1. The molecule has 0 aliphatic heterocycles. The first kappa shape index (κ1) is 21.7. The molecule has 0 spiro atoms. The van der Waals surface area contributed by atoms with Gasteiger partial charge in [-0.3, -0.25) is 5.43 Å². The van der Waals surface area contributed by atoms with Gasteiger partial charge in [-0.15, -0.1) is 0 Å². The van der Waals surface area contributed by atoms with Crippen LogP contribution in [0, 0.1) is 6.92 Å². The van der Waals surface area contributed by atoms with Crippen molar-refractivity contribution in [2.75, 3.05) is 5.43 Å². The Kier molecular flexibility index (Phi) is 6.90. The summed E-state index contributed by atoms with van der Waals surface area (Å²) in [7, 11) is 0. The summed E-state index contributed by atoms with van der Waals surface area (Å²) < 4.78 is 0. The molecule has 1 heterocycles. The minimum atomic E-state index is 0.690. The van der Waals surface area contributed by atoms with Gasteiger partial charge in [-0.05, 0) is 49.9 Å². The molecule has 4 heteroatoms. The summed E-state index contributed by atoms with van der Waals surface area (Å²) in [5, 5.41) is 5.60. The minimum absolute atomic E-state index is 0.690. The van der Waals surface area contributed by atoms with Crippen LogP contribution in [0.15, 0.2) is 77.9 Å². The molecule has 0 unspecified atom stereocenters. The summed E-state index contributed by atoms with van der Waals surface area (Å²) in [6, 6.07) is 25.0. The number of aromatic nitrogens is 2. The molecule has 4 aromatic rings. The SMILES string of the molecule is CCCCCc1ccc(/C(C)=N\Nc2nc(-c3ccc(C)cc3)nc3ccccc23)cc1. The fourth-order valence-electron chi connectivity index (χ4n) is 3.69. The van der Waals surface area contributed by atoms with Crippen LogP contribution < -0.4 is 5.43 Å². The molecule has 0 atom stereocenters. The van der Waals surface area contributed by atoms with E-state index in [0.717, 1.165) is 34.2 Å². The Hall–Kier alpha value is -3.53. The van der Waals surface area contributed by atoms with Gasteiger partial charge in [0.15, 0.2) is 11.6 Å². The smallest absolute Gasteiger partial charge is 0.162 e. The lowest BCUT2D eigenvalue weighted by Crippen LogP contribution is -2.03. The maximum Gasteiger partial charge on any atom is 0.162 e. The summed E-state index contributed by atoms with van der Waals surface area (Å²) in [6.07, 6.45) is 4.91. The van der Waals surface area contributed by atoms with Gasteiger partial charge in [-0.2, -0.15) is 5.10 Å². The number of anilines is 1. The van der Waals surface area contributed by atoms with Crippen LogP contribution in [0.4, 0.5) is 5.82 Å². The molecular weight excluding hydrogens is 392 g/mol. The number of hydrogen-bond donors (Lipinski definition) is 1. The first-order chi connectivity index (χ1) is 15.6. The number of benzene rings is 3. The van der Waals surface area contributed by atoms with Gasteiger partial charge < -0.3 is 0 Å². The third-order valence-corrected chi connectivity index (χ3v) is 5.68. The molecule has 0 aliphatic rings. The van der Waals surface area contributed by atoms with E-state index in [0.29, 0.717) is 11.6 Å². The van der Waals surface area contributed by atoms with Crippen LogP contribution in [-0.2, 0) is 6.42 Å². The first-order valence-electron chi connectivity index (χ1n) is 11.4. The molecule has 32 heavy (non-hydrogen) atoms. The third kappa shape index (κ3) is 5.20. The maximum atomic E-state index is 4.79. The van der Waals surface area contributed by atoms with Crippen LogP contribution in [0.3, 0.4) is 0 Å². The fraction of sp³-hybridized carbons (Fsp3) is 0.250. The molecule has 1 N–H and O–H groups in total. The Morgan fingerprint density at radius 3 is 2.38 bits per heavy atom. The Balaban J connectivity index is 1.59. The topological polar surface area (TPSA) is 50.2 Å². The predicted octanol–water partition coefficient (Wildman–Crippen LogP) is 7.17. The molecule has 0 saturated heterocycles. The van der Waals surface area contributed by atoms with E-state index in [1.165, 1.54) is 30.4 Å². The van der Waals surface area contributed by atoms with Gasteiger partial charge in [0.25, 0.3) is 0 Å². The van der Waals surface area contributed by atoms with Crippen LogP contribution in [0.5, 0.6) is 0 Å².